The molecule has 0 aromatic rings. The predicted molar refractivity (Wildman–Crippen MR) is 78.5 cm³/mol. The smallest absolute Gasteiger partial charge is 0.0999 e. The van der Waals surface area contributed by atoms with Crippen molar-refractivity contribution in [1.82, 2.24) is 0 Å². The summed E-state index contributed by atoms with van der Waals surface area (Å²) in [5.74, 6) is 0.823. The van der Waals surface area contributed by atoms with E-state index in [1.165, 1.54) is 5.57 Å². The second kappa shape index (κ2) is 4.79. The number of aliphatic hydroxyl groups excluding tert-OH is 1. The Hall–Kier alpha value is -0.240. The van der Waals surface area contributed by atoms with E-state index in [1.54, 1.807) is 0 Å². The molecule has 0 spiro atoms. The van der Waals surface area contributed by atoms with Crippen LogP contribution in [0.2, 0.25) is 0 Å². The summed E-state index contributed by atoms with van der Waals surface area (Å²) in [6, 6.07) is 0. The zero-order valence-electron chi connectivity index (χ0n) is 11.9. The monoisotopic (exact) mass is 300 g/mol. The molecule has 1 aliphatic carbocycles. The van der Waals surface area contributed by atoms with Gasteiger partial charge in [0, 0.05) is 11.2 Å². The molecule has 0 saturated carbocycles. The molecule has 1 rings (SSSR count). The number of alkyl halides is 1. The lowest BCUT2D eigenvalue weighted by Gasteiger charge is -2.37. The SMILES string of the molecule is CC(C)(C)C1=C(O)C(C(C)(C)C)CC(CBr)=C1. The van der Waals surface area contributed by atoms with Crippen LogP contribution in [0.25, 0.3) is 0 Å². The summed E-state index contributed by atoms with van der Waals surface area (Å²) in [5, 5.41) is 11.4. The van der Waals surface area contributed by atoms with E-state index in [1.807, 2.05) is 0 Å². The summed E-state index contributed by atoms with van der Waals surface area (Å²) in [6.45, 7) is 13.1. The van der Waals surface area contributed by atoms with E-state index in [4.69, 9.17) is 0 Å². The van der Waals surface area contributed by atoms with Gasteiger partial charge in [0.2, 0.25) is 0 Å². The summed E-state index contributed by atoms with van der Waals surface area (Å²) in [6.07, 6.45) is 3.13. The molecular weight excluding hydrogens is 276 g/mol. The number of hydrogen-bond donors (Lipinski definition) is 1. The molecule has 17 heavy (non-hydrogen) atoms. The Labute approximate surface area is 114 Å². The highest BCUT2D eigenvalue weighted by molar-refractivity contribution is 9.09. The molecule has 2 heteroatoms. The highest BCUT2D eigenvalue weighted by atomic mass is 79.9. The van der Waals surface area contributed by atoms with Gasteiger partial charge in [-0.15, -0.1) is 0 Å². The Morgan fingerprint density at radius 3 is 2.12 bits per heavy atom. The van der Waals surface area contributed by atoms with Gasteiger partial charge in [-0.3, -0.25) is 0 Å². The molecule has 1 aliphatic rings. The van der Waals surface area contributed by atoms with Crippen LogP contribution in [0.5, 0.6) is 0 Å². The molecule has 0 aromatic carbocycles. The first-order valence-corrected chi connectivity index (χ1v) is 7.38. The lowest BCUT2D eigenvalue weighted by Crippen LogP contribution is -2.29. The Balaban J connectivity index is 3.26. The van der Waals surface area contributed by atoms with Gasteiger partial charge in [0.1, 0.15) is 0 Å². The topological polar surface area (TPSA) is 20.2 Å². The fraction of sp³-hybridized carbons (Fsp3) is 0.733. The second-order valence-corrected chi connectivity index (χ2v) is 7.67. The van der Waals surface area contributed by atoms with Gasteiger partial charge in [-0.05, 0) is 22.8 Å². The minimum Gasteiger partial charge on any atom is -0.512 e. The van der Waals surface area contributed by atoms with Crippen LogP contribution in [0.4, 0.5) is 0 Å². The third kappa shape index (κ3) is 3.37. The molecular formula is C15H25BrO. The average Bonchev–Trinajstić information content (AvgIpc) is 2.14. The number of allylic oxidation sites excluding steroid dienone is 4. The van der Waals surface area contributed by atoms with E-state index in [9.17, 15) is 5.11 Å². The molecule has 0 aliphatic heterocycles. The Bertz CT molecular complexity index is 350. The van der Waals surface area contributed by atoms with Crippen molar-refractivity contribution in [1.29, 1.82) is 0 Å². The van der Waals surface area contributed by atoms with Crippen molar-refractivity contribution >= 4 is 15.9 Å². The third-order valence-corrected chi connectivity index (χ3v) is 4.17. The molecule has 1 unspecified atom stereocenters. The summed E-state index contributed by atoms with van der Waals surface area (Å²) < 4.78 is 0. The minimum atomic E-state index is 0.00141. The highest BCUT2D eigenvalue weighted by Crippen LogP contribution is 2.44. The van der Waals surface area contributed by atoms with Crippen molar-refractivity contribution in [2.24, 2.45) is 16.7 Å². The van der Waals surface area contributed by atoms with E-state index in [0.717, 1.165) is 17.3 Å². The van der Waals surface area contributed by atoms with Crippen molar-refractivity contribution in [3.05, 3.63) is 23.0 Å². The summed E-state index contributed by atoms with van der Waals surface area (Å²) in [5.41, 5.74) is 2.58. The van der Waals surface area contributed by atoms with Crippen LogP contribution >= 0.6 is 15.9 Å². The maximum absolute atomic E-state index is 10.5. The quantitative estimate of drug-likeness (QED) is 0.657. The normalized spacial score (nSPS) is 22.8. The molecule has 1 nitrogen and oxygen atoms in total. The zero-order valence-corrected chi connectivity index (χ0v) is 13.5. The minimum absolute atomic E-state index is 0.00141. The largest absolute Gasteiger partial charge is 0.512 e. The predicted octanol–water partition coefficient (Wildman–Crippen LogP) is 5.23. The van der Waals surface area contributed by atoms with Crippen LogP contribution in [-0.2, 0) is 0 Å². The molecule has 98 valence electrons. The standard InChI is InChI=1S/C15H25BrO/c1-14(2,3)11-7-10(9-16)8-12(13(11)17)15(4,5)6/h7,12,17H,8-9H2,1-6H3. The van der Waals surface area contributed by atoms with Crippen molar-refractivity contribution in [3.8, 4) is 0 Å². The molecule has 0 radical (unpaired) electrons. The third-order valence-electron chi connectivity index (χ3n) is 3.45. The van der Waals surface area contributed by atoms with Crippen LogP contribution in [-0.4, -0.2) is 10.4 Å². The first kappa shape index (κ1) is 14.8. The van der Waals surface area contributed by atoms with E-state index < -0.39 is 0 Å². The van der Waals surface area contributed by atoms with Gasteiger partial charge < -0.3 is 5.11 Å². The number of hydrogen-bond acceptors (Lipinski definition) is 1. The Morgan fingerprint density at radius 1 is 1.24 bits per heavy atom. The van der Waals surface area contributed by atoms with Crippen LogP contribution < -0.4 is 0 Å². The summed E-state index contributed by atoms with van der Waals surface area (Å²) in [4.78, 5) is 0. The van der Waals surface area contributed by atoms with Crippen LogP contribution in [0.15, 0.2) is 23.0 Å². The fourth-order valence-electron chi connectivity index (χ4n) is 2.29. The van der Waals surface area contributed by atoms with Gasteiger partial charge in [-0.1, -0.05) is 69.1 Å². The highest BCUT2D eigenvalue weighted by Gasteiger charge is 2.35. The van der Waals surface area contributed by atoms with Crippen LogP contribution in [0, 0.1) is 16.7 Å². The maximum Gasteiger partial charge on any atom is 0.0999 e. The number of halogens is 1. The van der Waals surface area contributed by atoms with Gasteiger partial charge in [0.15, 0.2) is 0 Å². The Morgan fingerprint density at radius 2 is 1.76 bits per heavy atom. The van der Waals surface area contributed by atoms with Crippen molar-refractivity contribution in [2.75, 3.05) is 5.33 Å². The van der Waals surface area contributed by atoms with E-state index in [-0.39, 0.29) is 16.7 Å². The summed E-state index contributed by atoms with van der Waals surface area (Å²) >= 11 is 3.55. The van der Waals surface area contributed by atoms with Gasteiger partial charge >= 0.3 is 0 Å². The van der Waals surface area contributed by atoms with Crippen LogP contribution in [0.1, 0.15) is 48.0 Å². The molecule has 0 aromatic heterocycles. The fourth-order valence-corrected chi connectivity index (χ4v) is 2.68. The Kier molecular flexibility index (Phi) is 4.18. The van der Waals surface area contributed by atoms with Gasteiger partial charge in [-0.2, -0.15) is 0 Å². The maximum atomic E-state index is 10.5. The lowest BCUT2D eigenvalue weighted by molar-refractivity contribution is 0.188. The lowest BCUT2D eigenvalue weighted by atomic mass is 9.69. The van der Waals surface area contributed by atoms with Gasteiger partial charge in [-0.25, -0.2) is 0 Å². The van der Waals surface area contributed by atoms with E-state index >= 15 is 0 Å². The summed E-state index contributed by atoms with van der Waals surface area (Å²) in [7, 11) is 0. The van der Waals surface area contributed by atoms with Crippen molar-refractivity contribution in [2.45, 2.75) is 48.0 Å². The van der Waals surface area contributed by atoms with Crippen molar-refractivity contribution < 1.29 is 5.11 Å². The average molecular weight is 301 g/mol. The zero-order chi connectivity index (χ0) is 13.4. The first-order valence-electron chi connectivity index (χ1n) is 6.26. The molecule has 1 atom stereocenters. The van der Waals surface area contributed by atoms with Crippen LogP contribution in [0.3, 0.4) is 0 Å². The first-order chi connectivity index (χ1) is 7.57. The number of rotatable bonds is 1. The van der Waals surface area contributed by atoms with E-state index in [0.29, 0.717) is 5.76 Å². The molecule has 0 heterocycles. The molecule has 0 saturated heterocycles. The molecule has 0 fully saturated rings. The number of aliphatic hydroxyl groups is 1. The molecule has 0 amide bonds. The molecule has 1 N–H and O–H groups in total. The second-order valence-electron chi connectivity index (χ2n) is 7.11. The van der Waals surface area contributed by atoms with E-state index in [2.05, 4.69) is 63.5 Å². The van der Waals surface area contributed by atoms with Crippen molar-refractivity contribution in [3.63, 3.8) is 0 Å². The molecule has 0 bridgehead atoms. The van der Waals surface area contributed by atoms with Gasteiger partial charge in [0.05, 0.1) is 5.76 Å². The van der Waals surface area contributed by atoms with Gasteiger partial charge in [0.25, 0.3) is 0 Å².